The summed E-state index contributed by atoms with van der Waals surface area (Å²) < 4.78 is 37.5. The van der Waals surface area contributed by atoms with Crippen LogP contribution < -0.4 is 19.1 Å². The van der Waals surface area contributed by atoms with Gasteiger partial charge in [-0.2, -0.15) is 0 Å². The lowest BCUT2D eigenvalue weighted by atomic mass is 10.0. The van der Waals surface area contributed by atoms with E-state index in [1.54, 1.807) is 18.2 Å². The minimum Gasteiger partial charge on any atom is -0.493 e. The van der Waals surface area contributed by atoms with E-state index in [0.29, 0.717) is 35.8 Å². The minimum atomic E-state index is -3.94. The molecule has 1 N–H and O–H groups in total. The van der Waals surface area contributed by atoms with Gasteiger partial charge >= 0.3 is 0 Å². The normalized spacial score (nSPS) is 20.5. The van der Waals surface area contributed by atoms with Crippen LogP contribution in [0.5, 0.6) is 11.5 Å². The number of hydrogen-bond donors (Lipinski definition) is 1. The van der Waals surface area contributed by atoms with Crippen molar-refractivity contribution < 1.29 is 22.7 Å². The molecule has 8 heteroatoms. The van der Waals surface area contributed by atoms with Crippen LogP contribution in [-0.4, -0.2) is 39.8 Å². The smallest absolute Gasteiger partial charge is 0.249 e. The van der Waals surface area contributed by atoms with Crippen molar-refractivity contribution in [2.24, 2.45) is 0 Å². The van der Waals surface area contributed by atoms with E-state index in [2.05, 4.69) is 5.32 Å². The second kappa shape index (κ2) is 8.18. The van der Waals surface area contributed by atoms with Gasteiger partial charge in [-0.3, -0.25) is 9.10 Å². The zero-order chi connectivity index (χ0) is 22.1. The maximum Gasteiger partial charge on any atom is 0.249 e. The lowest BCUT2D eigenvalue weighted by Gasteiger charge is -2.40. The van der Waals surface area contributed by atoms with Crippen molar-refractivity contribution in [2.45, 2.75) is 38.4 Å². The first-order valence-corrected chi connectivity index (χ1v) is 11.2. The molecule has 1 amide bonds. The molecule has 0 bridgehead atoms. The lowest BCUT2D eigenvalue weighted by molar-refractivity contribution is -0.118. The first-order valence-electron chi connectivity index (χ1n) is 9.77. The molecular formula is C22H28N2O5S. The van der Waals surface area contributed by atoms with E-state index in [-0.39, 0.29) is 6.42 Å². The van der Waals surface area contributed by atoms with Gasteiger partial charge in [0.15, 0.2) is 16.2 Å². The van der Waals surface area contributed by atoms with E-state index in [1.807, 2.05) is 32.0 Å². The van der Waals surface area contributed by atoms with E-state index < -0.39 is 20.7 Å². The molecule has 0 aliphatic carbocycles. The highest BCUT2D eigenvalue weighted by atomic mass is 32.2. The Morgan fingerprint density at radius 3 is 2.30 bits per heavy atom. The van der Waals surface area contributed by atoms with Crippen molar-refractivity contribution in [3.8, 4) is 11.5 Å². The van der Waals surface area contributed by atoms with Crippen molar-refractivity contribution in [2.75, 3.05) is 30.4 Å². The Labute approximate surface area is 178 Å². The van der Waals surface area contributed by atoms with Crippen LogP contribution in [0.3, 0.4) is 0 Å². The topological polar surface area (TPSA) is 84.9 Å². The number of carbonyl (C=O) groups excluding carboxylic acids is 1. The van der Waals surface area contributed by atoms with Gasteiger partial charge in [0.1, 0.15) is 0 Å². The fourth-order valence-corrected chi connectivity index (χ4v) is 5.96. The highest BCUT2D eigenvalue weighted by Crippen LogP contribution is 2.39. The Kier molecular flexibility index (Phi) is 5.99. The maximum absolute atomic E-state index is 13.6. The number of rotatable bonds is 5. The number of benzene rings is 2. The molecule has 162 valence electrons. The average molecular weight is 433 g/mol. The number of anilines is 2. The number of sulfonamides is 1. The van der Waals surface area contributed by atoms with Crippen molar-refractivity contribution >= 4 is 27.3 Å². The molecule has 7 nitrogen and oxygen atoms in total. The van der Waals surface area contributed by atoms with Crippen LogP contribution >= 0.6 is 0 Å². The quantitative estimate of drug-likeness (QED) is 0.780. The molecule has 2 aromatic rings. The number of ether oxygens (including phenoxy) is 2. The van der Waals surface area contributed by atoms with Crippen LogP contribution in [-0.2, 0) is 14.8 Å². The van der Waals surface area contributed by atoms with Crippen LogP contribution in [0, 0.1) is 13.8 Å². The SMILES string of the molecule is COc1ccc(NC(=O)C2(C)CCCN(c3c(C)cccc3C)S2(=O)=O)cc1OC. The molecule has 0 radical (unpaired) electrons. The molecule has 2 aromatic carbocycles. The molecule has 1 heterocycles. The average Bonchev–Trinajstić information content (AvgIpc) is 2.70. The summed E-state index contributed by atoms with van der Waals surface area (Å²) in [7, 11) is -0.924. The fraction of sp³-hybridized carbons (Fsp3) is 0.409. The summed E-state index contributed by atoms with van der Waals surface area (Å²) >= 11 is 0. The largest absolute Gasteiger partial charge is 0.493 e. The van der Waals surface area contributed by atoms with Crippen LogP contribution in [0.4, 0.5) is 11.4 Å². The molecule has 1 unspecified atom stereocenters. The number of aryl methyl sites for hydroxylation is 2. The third kappa shape index (κ3) is 3.60. The number of nitrogens with one attached hydrogen (secondary N) is 1. The molecule has 1 aliphatic rings. The molecule has 30 heavy (non-hydrogen) atoms. The monoisotopic (exact) mass is 432 g/mol. The summed E-state index contributed by atoms with van der Waals surface area (Å²) in [6.07, 6.45) is 0.832. The van der Waals surface area contributed by atoms with Crippen LogP contribution in [0.1, 0.15) is 30.9 Å². The molecule has 0 saturated carbocycles. The molecule has 1 atom stereocenters. The summed E-state index contributed by atoms with van der Waals surface area (Å²) in [5.74, 6) is 0.406. The molecule has 1 saturated heterocycles. The van der Waals surface area contributed by atoms with Crippen LogP contribution in [0.2, 0.25) is 0 Å². The van der Waals surface area contributed by atoms with Gasteiger partial charge in [0.05, 0.1) is 19.9 Å². The van der Waals surface area contributed by atoms with E-state index in [4.69, 9.17) is 9.47 Å². The maximum atomic E-state index is 13.6. The van der Waals surface area contributed by atoms with Gasteiger partial charge in [-0.25, -0.2) is 8.42 Å². The number of hydrogen-bond acceptors (Lipinski definition) is 5. The molecular weight excluding hydrogens is 404 g/mol. The lowest BCUT2D eigenvalue weighted by Crippen LogP contribution is -2.57. The van der Waals surface area contributed by atoms with Gasteiger partial charge in [-0.1, -0.05) is 18.2 Å². The number of amides is 1. The standard InChI is InChI=1S/C22H28N2O5S/c1-15-8-6-9-16(2)20(15)24-13-7-12-22(3,30(24,26)27)21(25)23-17-10-11-18(28-4)19(14-17)29-5/h6,8-11,14H,7,12-13H2,1-5H3,(H,23,25). The second-order valence-electron chi connectivity index (χ2n) is 7.68. The number of methoxy groups -OCH3 is 2. The first kappa shape index (κ1) is 22.0. The summed E-state index contributed by atoms with van der Waals surface area (Å²) in [6, 6.07) is 10.6. The van der Waals surface area contributed by atoms with Crippen LogP contribution in [0.15, 0.2) is 36.4 Å². The van der Waals surface area contributed by atoms with Crippen LogP contribution in [0.25, 0.3) is 0 Å². The number of para-hydroxylation sites is 1. The third-order valence-corrected chi connectivity index (χ3v) is 8.16. The summed E-state index contributed by atoms with van der Waals surface area (Å²) in [5, 5.41) is 2.75. The van der Waals surface area contributed by atoms with E-state index in [9.17, 15) is 13.2 Å². The van der Waals surface area contributed by atoms with Gasteiger partial charge in [-0.15, -0.1) is 0 Å². The molecule has 0 aromatic heterocycles. The fourth-order valence-electron chi connectivity index (χ4n) is 3.89. The number of nitrogens with zero attached hydrogens (tertiary/aromatic N) is 1. The van der Waals surface area contributed by atoms with Gasteiger partial charge < -0.3 is 14.8 Å². The van der Waals surface area contributed by atoms with E-state index in [0.717, 1.165) is 11.1 Å². The Bertz CT molecular complexity index is 1050. The zero-order valence-corrected chi connectivity index (χ0v) is 18.8. The first-order chi connectivity index (χ1) is 14.2. The Hall–Kier alpha value is -2.74. The van der Waals surface area contributed by atoms with Crippen molar-refractivity contribution in [3.05, 3.63) is 47.5 Å². The summed E-state index contributed by atoms with van der Waals surface area (Å²) in [5.41, 5.74) is 2.83. The van der Waals surface area contributed by atoms with Gasteiger partial charge in [0, 0.05) is 18.3 Å². The Morgan fingerprint density at radius 2 is 1.70 bits per heavy atom. The van der Waals surface area contributed by atoms with E-state index >= 15 is 0 Å². The Morgan fingerprint density at radius 1 is 1.07 bits per heavy atom. The van der Waals surface area contributed by atoms with Gasteiger partial charge in [0.25, 0.3) is 0 Å². The molecule has 3 rings (SSSR count). The predicted octanol–water partition coefficient (Wildman–Crippen LogP) is 3.65. The number of carbonyl (C=O) groups is 1. The minimum absolute atomic E-state index is 0.246. The summed E-state index contributed by atoms with van der Waals surface area (Å²) in [6.45, 7) is 5.62. The molecule has 1 aliphatic heterocycles. The third-order valence-electron chi connectivity index (χ3n) is 5.69. The highest BCUT2D eigenvalue weighted by Gasteiger charge is 2.52. The van der Waals surface area contributed by atoms with Crippen molar-refractivity contribution in [1.29, 1.82) is 0 Å². The second-order valence-corrected chi connectivity index (χ2v) is 9.97. The predicted molar refractivity (Wildman–Crippen MR) is 118 cm³/mol. The highest BCUT2D eigenvalue weighted by molar-refractivity contribution is 7.95. The van der Waals surface area contributed by atoms with Crippen molar-refractivity contribution in [1.82, 2.24) is 0 Å². The van der Waals surface area contributed by atoms with Gasteiger partial charge in [-0.05, 0) is 56.9 Å². The molecule has 1 fully saturated rings. The van der Waals surface area contributed by atoms with Gasteiger partial charge in [0.2, 0.25) is 15.9 Å². The molecule has 0 spiro atoms. The van der Waals surface area contributed by atoms with E-state index in [1.165, 1.54) is 25.4 Å². The summed E-state index contributed by atoms with van der Waals surface area (Å²) in [4.78, 5) is 13.2. The Balaban J connectivity index is 1.95. The van der Waals surface area contributed by atoms with Crippen molar-refractivity contribution in [3.63, 3.8) is 0 Å². The zero-order valence-electron chi connectivity index (χ0n) is 18.0.